The van der Waals surface area contributed by atoms with Crippen LogP contribution in [-0.2, 0) is 4.74 Å². The quantitative estimate of drug-likeness (QED) is 0.920. The molecule has 20 heavy (non-hydrogen) atoms. The van der Waals surface area contributed by atoms with Crippen molar-refractivity contribution in [3.8, 4) is 0 Å². The van der Waals surface area contributed by atoms with Gasteiger partial charge in [-0.3, -0.25) is 4.79 Å². The molecular weight excluding hydrogens is 281 g/mol. The summed E-state index contributed by atoms with van der Waals surface area (Å²) in [5.41, 5.74) is 0. The first-order chi connectivity index (χ1) is 9.69. The van der Waals surface area contributed by atoms with Crippen molar-refractivity contribution in [2.75, 3.05) is 26.3 Å². The van der Waals surface area contributed by atoms with Gasteiger partial charge < -0.3 is 14.7 Å². The first kappa shape index (κ1) is 13.5. The summed E-state index contributed by atoms with van der Waals surface area (Å²) in [5, 5.41) is 9.58. The van der Waals surface area contributed by atoms with Gasteiger partial charge in [0.25, 0.3) is 5.91 Å². The Labute approximate surface area is 119 Å². The zero-order valence-corrected chi connectivity index (χ0v) is 11.5. The number of thiophene rings is 1. The molecule has 2 heterocycles. The molecule has 0 saturated carbocycles. The standard InChI is InChI=1S/C14H14FNO3S/c15-11-2-1-3-12-10(11)6-13(20-12)14(18)16-4-5-19-9(7-16)8-17/h1-3,6,9,17H,4-5,7-8H2. The number of carbonyl (C=O) groups excluding carboxylic acids is 1. The molecule has 1 aliphatic heterocycles. The highest BCUT2D eigenvalue weighted by Gasteiger charge is 2.25. The van der Waals surface area contributed by atoms with Gasteiger partial charge in [-0.15, -0.1) is 11.3 Å². The summed E-state index contributed by atoms with van der Waals surface area (Å²) in [6.07, 6.45) is -0.334. The molecule has 6 heteroatoms. The maximum Gasteiger partial charge on any atom is 0.264 e. The van der Waals surface area contributed by atoms with Gasteiger partial charge in [0.1, 0.15) is 5.82 Å². The van der Waals surface area contributed by atoms with E-state index in [0.717, 1.165) is 4.70 Å². The van der Waals surface area contributed by atoms with Crippen molar-refractivity contribution in [2.45, 2.75) is 6.10 Å². The molecule has 1 atom stereocenters. The lowest BCUT2D eigenvalue weighted by molar-refractivity contribution is -0.0446. The fourth-order valence-corrected chi connectivity index (χ4v) is 3.34. The predicted octanol–water partition coefficient (Wildman–Crippen LogP) is 1.87. The monoisotopic (exact) mass is 295 g/mol. The van der Waals surface area contributed by atoms with E-state index in [0.29, 0.717) is 30.0 Å². The van der Waals surface area contributed by atoms with E-state index < -0.39 is 0 Å². The highest BCUT2D eigenvalue weighted by Crippen LogP contribution is 2.28. The van der Waals surface area contributed by atoms with Gasteiger partial charge in [-0.2, -0.15) is 0 Å². The Balaban J connectivity index is 1.86. The number of hydrogen-bond acceptors (Lipinski definition) is 4. The number of rotatable bonds is 2. The number of aliphatic hydroxyl groups is 1. The van der Waals surface area contributed by atoms with E-state index in [1.807, 2.05) is 0 Å². The number of fused-ring (bicyclic) bond motifs is 1. The van der Waals surface area contributed by atoms with Gasteiger partial charge in [0.05, 0.1) is 24.2 Å². The highest BCUT2D eigenvalue weighted by atomic mass is 32.1. The Hall–Kier alpha value is -1.50. The summed E-state index contributed by atoms with van der Waals surface area (Å²) in [6, 6.07) is 6.43. The van der Waals surface area contributed by atoms with Crippen molar-refractivity contribution in [2.24, 2.45) is 0 Å². The maximum absolute atomic E-state index is 13.7. The number of halogens is 1. The summed E-state index contributed by atoms with van der Waals surface area (Å²) in [4.78, 5) is 14.6. The lowest BCUT2D eigenvalue weighted by atomic mass is 10.2. The Bertz CT molecular complexity index is 642. The van der Waals surface area contributed by atoms with Crippen LogP contribution in [0.15, 0.2) is 24.3 Å². The third-order valence-corrected chi connectivity index (χ3v) is 4.44. The summed E-state index contributed by atoms with van der Waals surface area (Å²) in [5.74, 6) is -0.444. The summed E-state index contributed by atoms with van der Waals surface area (Å²) in [6.45, 7) is 1.17. The Kier molecular flexibility index (Phi) is 3.69. The highest BCUT2D eigenvalue weighted by molar-refractivity contribution is 7.20. The first-order valence-corrected chi connectivity index (χ1v) is 7.20. The van der Waals surface area contributed by atoms with E-state index in [-0.39, 0.29) is 24.4 Å². The molecule has 1 aromatic heterocycles. The minimum Gasteiger partial charge on any atom is -0.394 e. The average molecular weight is 295 g/mol. The normalized spacial score (nSPS) is 19.5. The van der Waals surface area contributed by atoms with Gasteiger partial charge in [-0.25, -0.2) is 4.39 Å². The van der Waals surface area contributed by atoms with E-state index in [2.05, 4.69) is 0 Å². The topological polar surface area (TPSA) is 49.8 Å². The van der Waals surface area contributed by atoms with Crippen molar-refractivity contribution >= 4 is 27.3 Å². The van der Waals surface area contributed by atoms with Crippen LogP contribution in [0.5, 0.6) is 0 Å². The summed E-state index contributed by atoms with van der Waals surface area (Å²) >= 11 is 1.29. The fraction of sp³-hybridized carbons (Fsp3) is 0.357. The molecule has 1 N–H and O–H groups in total. The van der Waals surface area contributed by atoms with Crippen LogP contribution in [0.25, 0.3) is 10.1 Å². The minimum atomic E-state index is -0.334. The Morgan fingerprint density at radius 1 is 1.55 bits per heavy atom. The largest absolute Gasteiger partial charge is 0.394 e. The first-order valence-electron chi connectivity index (χ1n) is 6.39. The Morgan fingerprint density at radius 3 is 3.15 bits per heavy atom. The van der Waals surface area contributed by atoms with Crippen LogP contribution in [0.4, 0.5) is 4.39 Å². The SMILES string of the molecule is O=C(c1cc2c(F)cccc2s1)N1CCOC(CO)C1. The number of carbonyl (C=O) groups is 1. The van der Waals surface area contributed by atoms with Gasteiger partial charge >= 0.3 is 0 Å². The van der Waals surface area contributed by atoms with Crippen molar-refractivity contribution in [3.63, 3.8) is 0 Å². The zero-order chi connectivity index (χ0) is 14.1. The smallest absolute Gasteiger partial charge is 0.264 e. The molecule has 0 spiro atoms. The lowest BCUT2D eigenvalue weighted by Gasteiger charge is -2.31. The molecule has 1 unspecified atom stereocenters. The maximum atomic E-state index is 13.7. The van der Waals surface area contributed by atoms with Crippen LogP contribution >= 0.6 is 11.3 Å². The van der Waals surface area contributed by atoms with Gasteiger partial charge in [-0.1, -0.05) is 6.07 Å². The number of nitrogens with zero attached hydrogens (tertiary/aromatic N) is 1. The van der Waals surface area contributed by atoms with Crippen molar-refractivity contribution in [1.82, 2.24) is 4.90 Å². The van der Waals surface area contributed by atoms with Crippen molar-refractivity contribution in [1.29, 1.82) is 0 Å². The van der Waals surface area contributed by atoms with Crippen LogP contribution in [0, 0.1) is 5.82 Å². The van der Waals surface area contributed by atoms with Crippen LogP contribution in [0.1, 0.15) is 9.67 Å². The van der Waals surface area contributed by atoms with E-state index >= 15 is 0 Å². The van der Waals surface area contributed by atoms with Crippen LogP contribution in [0.2, 0.25) is 0 Å². The molecule has 0 bridgehead atoms. The molecule has 1 aliphatic rings. The van der Waals surface area contributed by atoms with E-state index in [9.17, 15) is 9.18 Å². The second kappa shape index (κ2) is 5.47. The predicted molar refractivity (Wildman–Crippen MR) is 74.5 cm³/mol. The third kappa shape index (κ3) is 2.42. The van der Waals surface area contributed by atoms with Crippen molar-refractivity contribution in [3.05, 3.63) is 35.0 Å². The number of hydrogen-bond donors (Lipinski definition) is 1. The number of morpholine rings is 1. The zero-order valence-electron chi connectivity index (χ0n) is 10.7. The minimum absolute atomic E-state index is 0.106. The second-order valence-corrected chi connectivity index (χ2v) is 5.77. The summed E-state index contributed by atoms with van der Waals surface area (Å²) in [7, 11) is 0. The fourth-order valence-electron chi connectivity index (χ4n) is 2.30. The Morgan fingerprint density at radius 2 is 2.40 bits per heavy atom. The van der Waals surface area contributed by atoms with Gasteiger partial charge in [-0.05, 0) is 18.2 Å². The van der Waals surface area contributed by atoms with E-state index in [1.54, 1.807) is 23.1 Å². The van der Waals surface area contributed by atoms with Crippen LogP contribution in [-0.4, -0.2) is 48.3 Å². The second-order valence-electron chi connectivity index (χ2n) is 4.69. The number of benzene rings is 1. The van der Waals surface area contributed by atoms with Crippen LogP contribution < -0.4 is 0 Å². The molecule has 2 aromatic rings. The molecule has 0 radical (unpaired) electrons. The lowest BCUT2D eigenvalue weighted by Crippen LogP contribution is -2.46. The molecule has 3 rings (SSSR count). The summed E-state index contributed by atoms with van der Waals surface area (Å²) < 4.78 is 19.7. The van der Waals surface area contributed by atoms with Gasteiger partial charge in [0, 0.05) is 23.2 Å². The molecule has 1 amide bonds. The number of aliphatic hydroxyl groups excluding tert-OH is 1. The van der Waals surface area contributed by atoms with E-state index in [4.69, 9.17) is 9.84 Å². The van der Waals surface area contributed by atoms with E-state index in [1.165, 1.54) is 17.4 Å². The molecule has 1 aromatic carbocycles. The van der Waals surface area contributed by atoms with Gasteiger partial charge in [0.15, 0.2) is 0 Å². The van der Waals surface area contributed by atoms with Gasteiger partial charge in [0.2, 0.25) is 0 Å². The molecule has 106 valence electrons. The molecule has 1 fully saturated rings. The molecular formula is C14H14FNO3S. The molecule has 4 nitrogen and oxygen atoms in total. The number of amides is 1. The molecule has 0 aliphatic carbocycles. The van der Waals surface area contributed by atoms with Crippen LogP contribution in [0.3, 0.4) is 0 Å². The average Bonchev–Trinajstić information content (AvgIpc) is 2.92. The number of ether oxygens (including phenoxy) is 1. The van der Waals surface area contributed by atoms with Crippen molar-refractivity contribution < 1.29 is 19.0 Å². The molecule has 1 saturated heterocycles. The third-order valence-electron chi connectivity index (χ3n) is 3.35.